The van der Waals surface area contributed by atoms with Crippen molar-refractivity contribution in [1.82, 2.24) is 4.98 Å². The first-order valence-electron chi connectivity index (χ1n) is 8.97. The van der Waals surface area contributed by atoms with Crippen LogP contribution in [0.3, 0.4) is 0 Å². The highest BCUT2D eigenvalue weighted by molar-refractivity contribution is 7.14. The Hall–Kier alpha value is -2.77. The van der Waals surface area contributed by atoms with Crippen molar-refractivity contribution in [3.8, 4) is 28.5 Å². The van der Waals surface area contributed by atoms with Gasteiger partial charge >= 0.3 is 0 Å². The third-order valence-electron chi connectivity index (χ3n) is 4.04. The number of amides is 1. The Labute approximate surface area is 178 Å². The predicted molar refractivity (Wildman–Crippen MR) is 116 cm³/mol. The highest BCUT2D eigenvalue weighted by Crippen LogP contribution is 2.36. The highest BCUT2D eigenvalue weighted by atomic mass is 35.5. The largest absolute Gasteiger partial charge is 0.494 e. The summed E-state index contributed by atoms with van der Waals surface area (Å²) in [5, 5.41) is 5.46. The molecule has 0 fully saturated rings. The molecule has 1 N–H and O–H groups in total. The Kier molecular flexibility index (Phi) is 6.95. The molecule has 1 amide bonds. The van der Waals surface area contributed by atoms with Crippen molar-refractivity contribution in [2.45, 2.75) is 13.3 Å². The molecule has 1 aromatic heterocycles. The van der Waals surface area contributed by atoms with Gasteiger partial charge in [0.15, 0.2) is 16.6 Å². The van der Waals surface area contributed by atoms with Gasteiger partial charge in [0.25, 0.3) is 5.91 Å². The van der Waals surface area contributed by atoms with Gasteiger partial charge in [0.05, 0.1) is 31.5 Å². The van der Waals surface area contributed by atoms with Gasteiger partial charge < -0.3 is 14.2 Å². The number of methoxy groups -OCH3 is 2. The number of carbonyl (C=O) groups excluding carboxylic acids is 1. The molecular formula is C21H21ClN2O4S. The molecule has 0 spiro atoms. The quantitative estimate of drug-likeness (QED) is 0.507. The Morgan fingerprint density at radius 3 is 2.59 bits per heavy atom. The van der Waals surface area contributed by atoms with E-state index >= 15 is 0 Å². The molecule has 0 aliphatic carbocycles. The van der Waals surface area contributed by atoms with Gasteiger partial charge in [0.1, 0.15) is 5.75 Å². The first-order chi connectivity index (χ1) is 14.0. The van der Waals surface area contributed by atoms with Gasteiger partial charge in [-0.1, -0.05) is 18.5 Å². The number of hydrogen-bond acceptors (Lipinski definition) is 6. The molecule has 0 unspecified atom stereocenters. The van der Waals surface area contributed by atoms with E-state index in [0.717, 1.165) is 23.4 Å². The maximum absolute atomic E-state index is 12.6. The van der Waals surface area contributed by atoms with Crippen molar-refractivity contribution in [2.75, 3.05) is 26.1 Å². The topological polar surface area (TPSA) is 69.7 Å². The Balaban J connectivity index is 1.73. The standard InChI is InChI=1S/C21H21ClN2O4S/c1-4-9-28-15-7-5-13(6-8-15)17-12-29-21(23-17)24-20(25)14-10-16(22)19(27-3)18(11-14)26-2/h5-8,10-12H,4,9H2,1-3H3,(H,23,24,25). The summed E-state index contributed by atoms with van der Waals surface area (Å²) in [6.07, 6.45) is 0.960. The molecule has 6 nitrogen and oxygen atoms in total. The number of ether oxygens (including phenoxy) is 3. The van der Waals surface area contributed by atoms with E-state index in [1.165, 1.54) is 31.6 Å². The van der Waals surface area contributed by atoms with Gasteiger partial charge in [0, 0.05) is 16.5 Å². The molecule has 0 saturated carbocycles. The number of nitrogens with zero attached hydrogens (tertiary/aromatic N) is 1. The average Bonchev–Trinajstić information content (AvgIpc) is 3.20. The first kappa shape index (κ1) is 21.0. The molecule has 152 valence electrons. The van der Waals surface area contributed by atoms with Gasteiger partial charge in [0.2, 0.25) is 0 Å². The van der Waals surface area contributed by atoms with Gasteiger partial charge in [-0.15, -0.1) is 11.3 Å². The SMILES string of the molecule is CCCOc1ccc(-c2csc(NC(=O)c3cc(Cl)c(OC)c(OC)c3)n2)cc1. The smallest absolute Gasteiger partial charge is 0.257 e. The van der Waals surface area contributed by atoms with Crippen LogP contribution in [0.5, 0.6) is 17.2 Å². The lowest BCUT2D eigenvalue weighted by Gasteiger charge is -2.11. The summed E-state index contributed by atoms with van der Waals surface area (Å²) < 4.78 is 16.0. The number of carbonyl (C=O) groups is 1. The van der Waals surface area contributed by atoms with Crippen molar-refractivity contribution in [1.29, 1.82) is 0 Å². The van der Waals surface area contributed by atoms with Gasteiger partial charge in [-0.25, -0.2) is 4.98 Å². The number of benzene rings is 2. The lowest BCUT2D eigenvalue weighted by molar-refractivity contribution is 0.102. The van der Waals surface area contributed by atoms with Crippen LogP contribution in [-0.2, 0) is 0 Å². The van der Waals surface area contributed by atoms with E-state index < -0.39 is 0 Å². The predicted octanol–water partition coefficient (Wildman–Crippen LogP) is 5.52. The fourth-order valence-electron chi connectivity index (χ4n) is 2.62. The molecule has 0 bridgehead atoms. The van der Waals surface area contributed by atoms with Crippen molar-refractivity contribution < 1.29 is 19.0 Å². The summed E-state index contributed by atoms with van der Waals surface area (Å²) in [5.41, 5.74) is 2.07. The lowest BCUT2D eigenvalue weighted by atomic mass is 10.2. The minimum Gasteiger partial charge on any atom is -0.494 e. The van der Waals surface area contributed by atoms with Crippen LogP contribution in [0.15, 0.2) is 41.8 Å². The highest BCUT2D eigenvalue weighted by Gasteiger charge is 2.16. The van der Waals surface area contributed by atoms with Crippen LogP contribution < -0.4 is 19.5 Å². The number of rotatable bonds is 8. The van der Waals surface area contributed by atoms with Crippen LogP contribution in [0.1, 0.15) is 23.7 Å². The summed E-state index contributed by atoms with van der Waals surface area (Å²) in [7, 11) is 2.98. The van der Waals surface area contributed by atoms with Gasteiger partial charge in [-0.3, -0.25) is 10.1 Å². The van der Waals surface area contributed by atoms with E-state index in [9.17, 15) is 4.79 Å². The first-order valence-corrected chi connectivity index (χ1v) is 10.2. The summed E-state index contributed by atoms with van der Waals surface area (Å²) >= 11 is 7.52. The van der Waals surface area contributed by atoms with Gasteiger partial charge in [-0.05, 0) is 42.8 Å². The number of anilines is 1. The van der Waals surface area contributed by atoms with E-state index in [-0.39, 0.29) is 5.91 Å². The average molecular weight is 433 g/mol. The Bertz CT molecular complexity index is 989. The zero-order valence-corrected chi connectivity index (χ0v) is 17.9. The second-order valence-corrected chi connectivity index (χ2v) is 7.32. The van der Waals surface area contributed by atoms with E-state index in [1.54, 1.807) is 6.07 Å². The van der Waals surface area contributed by atoms with Crippen LogP contribution in [0.25, 0.3) is 11.3 Å². The van der Waals surface area contributed by atoms with Gasteiger partial charge in [-0.2, -0.15) is 0 Å². The zero-order chi connectivity index (χ0) is 20.8. The fourth-order valence-corrected chi connectivity index (χ4v) is 3.63. The number of aromatic nitrogens is 1. The molecule has 0 atom stereocenters. The second-order valence-electron chi connectivity index (χ2n) is 6.06. The summed E-state index contributed by atoms with van der Waals surface area (Å²) in [5.74, 6) is 1.26. The molecule has 29 heavy (non-hydrogen) atoms. The molecule has 1 heterocycles. The molecule has 3 rings (SSSR count). The van der Waals surface area contributed by atoms with Crippen LogP contribution in [-0.4, -0.2) is 31.7 Å². The summed E-state index contributed by atoms with van der Waals surface area (Å²) in [6, 6.07) is 10.8. The molecule has 8 heteroatoms. The molecule has 3 aromatic rings. The van der Waals surface area contributed by atoms with Crippen molar-refractivity contribution in [3.63, 3.8) is 0 Å². The minimum absolute atomic E-state index is 0.294. The number of thiazole rings is 1. The van der Waals surface area contributed by atoms with Crippen molar-refractivity contribution >= 4 is 34.0 Å². The molecule has 0 aliphatic heterocycles. The summed E-state index contributed by atoms with van der Waals surface area (Å²) in [6.45, 7) is 2.75. The van der Waals surface area contributed by atoms with E-state index in [0.29, 0.717) is 33.8 Å². The number of nitrogens with one attached hydrogen (secondary N) is 1. The maximum Gasteiger partial charge on any atom is 0.257 e. The molecule has 0 aliphatic rings. The summed E-state index contributed by atoms with van der Waals surface area (Å²) in [4.78, 5) is 17.1. The van der Waals surface area contributed by atoms with Crippen molar-refractivity contribution in [3.05, 3.63) is 52.4 Å². The third-order valence-corrected chi connectivity index (χ3v) is 5.08. The van der Waals surface area contributed by atoms with Crippen LogP contribution in [0.4, 0.5) is 5.13 Å². The van der Waals surface area contributed by atoms with Crippen LogP contribution in [0, 0.1) is 0 Å². The molecule has 2 aromatic carbocycles. The van der Waals surface area contributed by atoms with Crippen LogP contribution >= 0.6 is 22.9 Å². The maximum atomic E-state index is 12.6. The Morgan fingerprint density at radius 1 is 1.17 bits per heavy atom. The minimum atomic E-state index is -0.336. The molecule has 0 saturated heterocycles. The zero-order valence-electron chi connectivity index (χ0n) is 16.3. The van der Waals surface area contributed by atoms with E-state index in [1.807, 2.05) is 29.6 Å². The second kappa shape index (κ2) is 9.62. The normalized spacial score (nSPS) is 10.5. The molecular weight excluding hydrogens is 412 g/mol. The molecule has 0 radical (unpaired) electrons. The fraction of sp³-hybridized carbons (Fsp3) is 0.238. The van der Waals surface area contributed by atoms with Crippen LogP contribution in [0.2, 0.25) is 5.02 Å². The van der Waals surface area contributed by atoms with E-state index in [2.05, 4.69) is 17.2 Å². The number of halogens is 1. The lowest BCUT2D eigenvalue weighted by Crippen LogP contribution is -2.12. The monoisotopic (exact) mass is 432 g/mol. The van der Waals surface area contributed by atoms with Crippen molar-refractivity contribution in [2.24, 2.45) is 0 Å². The Morgan fingerprint density at radius 2 is 1.93 bits per heavy atom. The van der Waals surface area contributed by atoms with E-state index in [4.69, 9.17) is 25.8 Å². The number of hydrogen-bond donors (Lipinski definition) is 1. The third kappa shape index (κ3) is 4.99.